The fourth-order valence-electron chi connectivity index (χ4n) is 1.48. The molecule has 0 spiro atoms. The van der Waals surface area contributed by atoms with E-state index in [0.717, 1.165) is 28.7 Å². The molecule has 5 heteroatoms. The van der Waals surface area contributed by atoms with Crippen LogP contribution in [-0.4, -0.2) is 33.0 Å². The molecule has 4 nitrogen and oxygen atoms in total. The molecule has 0 bridgehead atoms. The van der Waals surface area contributed by atoms with Gasteiger partial charge in [-0.2, -0.15) is 0 Å². The first-order chi connectivity index (χ1) is 7.93. The molecule has 1 heterocycles. The highest BCUT2D eigenvalue weighted by Crippen LogP contribution is 2.18. The Kier molecular flexibility index (Phi) is 5.36. The van der Waals surface area contributed by atoms with Crippen molar-refractivity contribution in [3.05, 3.63) is 17.5 Å². The van der Waals surface area contributed by atoms with Crippen molar-refractivity contribution < 1.29 is 5.11 Å². The van der Waals surface area contributed by atoms with E-state index in [1.165, 1.54) is 0 Å². The number of rotatable bonds is 6. The van der Waals surface area contributed by atoms with Gasteiger partial charge in [0.1, 0.15) is 0 Å². The summed E-state index contributed by atoms with van der Waals surface area (Å²) in [6, 6.07) is 1.96. The van der Waals surface area contributed by atoms with Crippen molar-refractivity contribution in [2.24, 2.45) is 5.73 Å². The second-order valence-electron chi connectivity index (χ2n) is 4.59. The van der Waals surface area contributed by atoms with Crippen LogP contribution in [0.5, 0.6) is 0 Å². The van der Waals surface area contributed by atoms with Crippen molar-refractivity contribution in [1.29, 1.82) is 0 Å². The van der Waals surface area contributed by atoms with Gasteiger partial charge in [0, 0.05) is 23.7 Å². The Balaban J connectivity index is 2.36. The summed E-state index contributed by atoms with van der Waals surface area (Å²) < 4.78 is 0. The second kappa shape index (κ2) is 6.33. The van der Waals surface area contributed by atoms with Gasteiger partial charge in [0.25, 0.3) is 0 Å². The van der Waals surface area contributed by atoms with E-state index in [4.69, 9.17) is 5.73 Å². The number of nitrogens with two attached hydrogens (primary N) is 1. The lowest BCUT2D eigenvalue weighted by molar-refractivity contribution is 0.0596. The molecule has 0 saturated heterocycles. The number of thioether (sulfide) groups is 1. The Morgan fingerprint density at radius 3 is 2.47 bits per heavy atom. The van der Waals surface area contributed by atoms with Crippen molar-refractivity contribution in [3.8, 4) is 0 Å². The van der Waals surface area contributed by atoms with Crippen LogP contribution in [0, 0.1) is 13.8 Å². The number of nitrogens with zero attached hydrogens (tertiary/aromatic N) is 2. The molecule has 0 fully saturated rings. The Morgan fingerprint density at radius 1 is 1.35 bits per heavy atom. The summed E-state index contributed by atoms with van der Waals surface area (Å²) in [5.74, 6) is 0.902. The Morgan fingerprint density at radius 2 is 1.94 bits per heavy atom. The quantitative estimate of drug-likeness (QED) is 0.459. The molecule has 0 aliphatic carbocycles. The minimum atomic E-state index is -0.746. The monoisotopic (exact) mass is 255 g/mol. The lowest BCUT2D eigenvalue weighted by Crippen LogP contribution is -2.34. The van der Waals surface area contributed by atoms with Crippen molar-refractivity contribution in [2.75, 3.05) is 12.3 Å². The van der Waals surface area contributed by atoms with Crippen molar-refractivity contribution in [2.45, 2.75) is 44.4 Å². The van der Waals surface area contributed by atoms with Gasteiger partial charge in [-0.3, -0.25) is 0 Å². The van der Waals surface area contributed by atoms with Crippen LogP contribution in [0.2, 0.25) is 0 Å². The molecule has 1 unspecified atom stereocenters. The summed E-state index contributed by atoms with van der Waals surface area (Å²) in [6.45, 7) is 6.01. The van der Waals surface area contributed by atoms with Crippen LogP contribution in [0.1, 0.15) is 31.2 Å². The van der Waals surface area contributed by atoms with Crippen molar-refractivity contribution >= 4 is 11.8 Å². The van der Waals surface area contributed by atoms with Crippen molar-refractivity contribution in [3.63, 3.8) is 0 Å². The maximum atomic E-state index is 9.74. The first kappa shape index (κ1) is 14.4. The fourth-order valence-corrected chi connectivity index (χ4v) is 2.36. The lowest BCUT2D eigenvalue weighted by Gasteiger charge is -2.20. The van der Waals surface area contributed by atoms with Gasteiger partial charge in [-0.1, -0.05) is 11.8 Å². The predicted molar refractivity (Wildman–Crippen MR) is 71.1 cm³/mol. The molecular formula is C12H21N3OS. The minimum Gasteiger partial charge on any atom is -0.389 e. The molecule has 0 aliphatic rings. The van der Waals surface area contributed by atoms with Crippen LogP contribution >= 0.6 is 11.8 Å². The molecule has 0 aliphatic heterocycles. The molecule has 1 rings (SSSR count). The molecule has 3 N–H and O–H groups in total. The number of aryl methyl sites for hydroxylation is 2. The number of hydrogen-bond acceptors (Lipinski definition) is 5. The van der Waals surface area contributed by atoms with Crippen LogP contribution in [0.3, 0.4) is 0 Å². The molecule has 1 aromatic heterocycles. The van der Waals surface area contributed by atoms with Gasteiger partial charge in [0.05, 0.1) is 5.60 Å². The van der Waals surface area contributed by atoms with E-state index < -0.39 is 5.60 Å². The molecule has 0 amide bonds. The summed E-state index contributed by atoms with van der Waals surface area (Å²) >= 11 is 1.63. The third-order valence-electron chi connectivity index (χ3n) is 2.49. The number of hydrogen-bond donors (Lipinski definition) is 2. The van der Waals surface area contributed by atoms with E-state index in [0.29, 0.717) is 13.0 Å². The van der Waals surface area contributed by atoms with Gasteiger partial charge < -0.3 is 10.8 Å². The van der Waals surface area contributed by atoms with E-state index in [-0.39, 0.29) is 0 Å². The summed E-state index contributed by atoms with van der Waals surface area (Å²) in [5.41, 5.74) is 6.70. The number of aliphatic hydroxyl groups is 1. The predicted octanol–water partition coefficient (Wildman–Crippen LogP) is 1.68. The zero-order valence-corrected chi connectivity index (χ0v) is 11.5. The molecule has 0 aromatic carbocycles. The van der Waals surface area contributed by atoms with Gasteiger partial charge in [-0.15, -0.1) is 0 Å². The highest BCUT2D eigenvalue weighted by atomic mass is 32.2. The SMILES string of the molecule is Cc1cc(C)nc(SCCCC(C)(O)CN)n1. The Labute approximate surface area is 107 Å². The maximum Gasteiger partial charge on any atom is 0.187 e. The zero-order chi connectivity index (χ0) is 12.9. The lowest BCUT2D eigenvalue weighted by atomic mass is 10.0. The third kappa shape index (κ3) is 5.48. The molecule has 0 saturated carbocycles. The van der Waals surface area contributed by atoms with Gasteiger partial charge >= 0.3 is 0 Å². The van der Waals surface area contributed by atoms with E-state index in [1.54, 1.807) is 18.7 Å². The van der Waals surface area contributed by atoms with E-state index in [2.05, 4.69) is 9.97 Å². The van der Waals surface area contributed by atoms with Crippen LogP contribution in [0.15, 0.2) is 11.2 Å². The highest BCUT2D eigenvalue weighted by Gasteiger charge is 2.16. The smallest absolute Gasteiger partial charge is 0.187 e. The number of aromatic nitrogens is 2. The molecule has 17 heavy (non-hydrogen) atoms. The van der Waals surface area contributed by atoms with E-state index >= 15 is 0 Å². The Hall–Kier alpha value is -0.650. The standard InChI is InChI=1S/C12H21N3OS/c1-9-7-10(2)15-11(14-9)17-6-4-5-12(3,16)8-13/h7,16H,4-6,8,13H2,1-3H3. The normalized spacial score (nSPS) is 14.6. The molecular weight excluding hydrogens is 234 g/mol. The topological polar surface area (TPSA) is 72.0 Å². The van der Waals surface area contributed by atoms with Crippen molar-refractivity contribution in [1.82, 2.24) is 9.97 Å². The zero-order valence-electron chi connectivity index (χ0n) is 10.7. The van der Waals surface area contributed by atoms with Gasteiger partial charge in [-0.05, 0) is 39.7 Å². The average molecular weight is 255 g/mol. The van der Waals surface area contributed by atoms with Gasteiger partial charge in [-0.25, -0.2) is 9.97 Å². The average Bonchev–Trinajstić information content (AvgIpc) is 2.23. The second-order valence-corrected chi connectivity index (χ2v) is 5.65. The van der Waals surface area contributed by atoms with Gasteiger partial charge in [0.15, 0.2) is 5.16 Å². The van der Waals surface area contributed by atoms with Gasteiger partial charge in [0.2, 0.25) is 0 Å². The largest absolute Gasteiger partial charge is 0.389 e. The van der Waals surface area contributed by atoms with E-state index in [9.17, 15) is 5.11 Å². The first-order valence-electron chi connectivity index (χ1n) is 5.80. The fraction of sp³-hybridized carbons (Fsp3) is 0.667. The Bertz CT molecular complexity index is 349. The first-order valence-corrected chi connectivity index (χ1v) is 6.79. The van der Waals surface area contributed by atoms with Crippen LogP contribution in [0.4, 0.5) is 0 Å². The summed E-state index contributed by atoms with van der Waals surface area (Å²) in [4.78, 5) is 8.71. The minimum absolute atomic E-state index is 0.303. The molecule has 1 aromatic rings. The summed E-state index contributed by atoms with van der Waals surface area (Å²) in [5, 5.41) is 10.6. The summed E-state index contributed by atoms with van der Waals surface area (Å²) in [6.07, 6.45) is 1.62. The van der Waals surface area contributed by atoms with Crippen LogP contribution in [0.25, 0.3) is 0 Å². The highest BCUT2D eigenvalue weighted by molar-refractivity contribution is 7.99. The summed E-state index contributed by atoms with van der Waals surface area (Å²) in [7, 11) is 0. The molecule has 1 atom stereocenters. The maximum absolute atomic E-state index is 9.74. The molecule has 96 valence electrons. The molecule has 0 radical (unpaired) electrons. The van der Waals surface area contributed by atoms with Crippen LogP contribution in [-0.2, 0) is 0 Å². The van der Waals surface area contributed by atoms with Crippen LogP contribution < -0.4 is 5.73 Å². The van der Waals surface area contributed by atoms with E-state index in [1.807, 2.05) is 19.9 Å². The third-order valence-corrected chi connectivity index (χ3v) is 3.43.